The molecule has 1 aromatic heterocycles. The molecular formula is C21H31N5O2. The van der Waals surface area contributed by atoms with Crippen molar-refractivity contribution in [3.8, 4) is 0 Å². The fourth-order valence-corrected chi connectivity index (χ4v) is 3.48. The second-order valence-electron chi connectivity index (χ2n) is 8.11. The quantitative estimate of drug-likeness (QED) is 0.787. The van der Waals surface area contributed by atoms with Crippen molar-refractivity contribution >= 4 is 28.8 Å². The topological polar surface area (TPSA) is 79.4 Å². The molecule has 7 nitrogen and oxygen atoms in total. The van der Waals surface area contributed by atoms with Crippen LogP contribution < -0.4 is 15.5 Å². The Morgan fingerprint density at radius 1 is 1.14 bits per heavy atom. The average Bonchev–Trinajstić information content (AvgIpc) is 2.67. The van der Waals surface area contributed by atoms with Gasteiger partial charge in [-0.2, -0.15) is 4.98 Å². The fraction of sp³-hybridized carbons (Fsp3) is 0.571. The van der Waals surface area contributed by atoms with E-state index < -0.39 is 0 Å². The van der Waals surface area contributed by atoms with Crippen LogP contribution in [-0.4, -0.2) is 48.8 Å². The van der Waals surface area contributed by atoms with Crippen LogP contribution in [0.1, 0.15) is 39.5 Å². The molecule has 3 rings (SSSR count). The second-order valence-corrected chi connectivity index (χ2v) is 8.11. The van der Waals surface area contributed by atoms with Gasteiger partial charge < -0.3 is 20.3 Å². The molecule has 2 N–H and O–H groups in total. The van der Waals surface area contributed by atoms with Gasteiger partial charge in [0.2, 0.25) is 5.95 Å². The minimum absolute atomic E-state index is 0.174. The first-order valence-electron chi connectivity index (χ1n) is 10.1. The van der Waals surface area contributed by atoms with E-state index in [1.807, 2.05) is 57.1 Å². The second kappa shape index (κ2) is 9.08. The number of amides is 1. The van der Waals surface area contributed by atoms with Gasteiger partial charge in [-0.3, -0.25) is 0 Å². The van der Waals surface area contributed by atoms with Crippen molar-refractivity contribution in [3.05, 3.63) is 24.3 Å². The van der Waals surface area contributed by atoms with Crippen LogP contribution in [0, 0.1) is 5.92 Å². The Balaban J connectivity index is 1.57. The Bertz CT molecular complexity index is 800. The van der Waals surface area contributed by atoms with Gasteiger partial charge in [0.05, 0.1) is 12.1 Å². The van der Waals surface area contributed by atoms with Crippen LogP contribution in [0.5, 0.6) is 0 Å². The number of para-hydroxylation sites is 1. The summed E-state index contributed by atoms with van der Waals surface area (Å²) in [5.74, 6) is 1.92. The van der Waals surface area contributed by atoms with Crippen molar-refractivity contribution < 1.29 is 9.53 Å². The van der Waals surface area contributed by atoms with Gasteiger partial charge in [0.15, 0.2) is 0 Å². The van der Waals surface area contributed by atoms with Crippen LogP contribution >= 0.6 is 0 Å². The molecule has 0 radical (unpaired) electrons. The molecule has 1 amide bonds. The molecule has 0 saturated heterocycles. The summed E-state index contributed by atoms with van der Waals surface area (Å²) in [4.78, 5) is 23.3. The number of ether oxygens (including phenoxy) is 1. The van der Waals surface area contributed by atoms with Gasteiger partial charge in [0, 0.05) is 31.6 Å². The lowest BCUT2D eigenvalue weighted by Crippen LogP contribution is -2.40. The van der Waals surface area contributed by atoms with E-state index in [0.717, 1.165) is 42.4 Å². The van der Waals surface area contributed by atoms with E-state index in [0.29, 0.717) is 24.5 Å². The summed E-state index contributed by atoms with van der Waals surface area (Å²) in [7, 11) is 3.99. The number of carbonyl (C=O) groups excluding carboxylic acids is 1. The van der Waals surface area contributed by atoms with Crippen LogP contribution in [0.2, 0.25) is 0 Å². The van der Waals surface area contributed by atoms with Gasteiger partial charge in [-0.05, 0) is 43.7 Å². The summed E-state index contributed by atoms with van der Waals surface area (Å²) in [5, 5.41) is 7.52. The number of hydrogen-bond donors (Lipinski definition) is 2. The predicted molar refractivity (Wildman–Crippen MR) is 113 cm³/mol. The van der Waals surface area contributed by atoms with E-state index in [1.165, 1.54) is 0 Å². The van der Waals surface area contributed by atoms with Crippen molar-refractivity contribution in [3.63, 3.8) is 0 Å². The third-order valence-electron chi connectivity index (χ3n) is 4.94. The Kier molecular flexibility index (Phi) is 6.54. The van der Waals surface area contributed by atoms with Gasteiger partial charge in [0.1, 0.15) is 5.82 Å². The van der Waals surface area contributed by atoms with Gasteiger partial charge in [-0.1, -0.05) is 26.0 Å². The maximum Gasteiger partial charge on any atom is 0.407 e. The predicted octanol–water partition coefficient (Wildman–Crippen LogP) is 3.80. The molecule has 0 aliphatic heterocycles. The molecule has 1 aliphatic carbocycles. The van der Waals surface area contributed by atoms with Gasteiger partial charge in [0.25, 0.3) is 0 Å². The summed E-state index contributed by atoms with van der Waals surface area (Å²) < 4.78 is 5.21. The zero-order chi connectivity index (χ0) is 20.1. The van der Waals surface area contributed by atoms with Gasteiger partial charge in [-0.15, -0.1) is 0 Å². The van der Waals surface area contributed by atoms with Crippen LogP contribution in [0.25, 0.3) is 10.9 Å². The van der Waals surface area contributed by atoms with Gasteiger partial charge >= 0.3 is 6.09 Å². The first-order valence-corrected chi connectivity index (χ1v) is 10.1. The summed E-state index contributed by atoms with van der Waals surface area (Å²) >= 11 is 0. The minimum atomic E-state index is -0.307. The number of carbonyl (C=O) groups is 1. The zero-order valence-electron chi connectivity index (χ0n) is 17.2. The highest BCUT2D eigenvalue weighted by Crippen LogP contribution is 2.26. The van der Waals surface area contributed by atoms with Crippen molar-refractivity contribution in [1.82, 2.24) is 15.3 Å². The highest BCUT2D eigenvalue weighted by Gasteiger charge is 2.24. The summed E-state index contributed by atoms with van der Waals surface area (Å²) in [6, 6.07) is 8.54. The number of rotatable bonds is 6. The molecule has 1 aliphatic rings. The van der Waals surface area contributed by atoms with Crippen LogP contribution in [0.4, 0.5) is 16.6 Å². The lowest BCUT2D eigenvalue weighted by Gasteiger charge is -2.29. The molecule has 1 aromatic carbocycles. The molecule has 0 bridgehead atoms. The van der Waals surface area contributed by atoms with Crippen LogP contribution in [-0.2, 0) is 4.74 Å². The summed E-state index contributed by atoms with van der Waals surface area (Å²) in [6.07, 6.45) is 3.45. The third kappa shape index (κ3) is 5.24. The normalized spacial score (nSPS) is 19.5. The first-order chi connectivity index (χ1) is 13.4. The van der Waals surface area contributed by atoms with E-state index in [-0.39, 0.29) is 12.1 Å². The number of benzene rings is 1. The Morgan fingerprint density at radius 3 is 2.50 bits per heavy atom. The largest absolute Gasteiger partial charge is 0.449 e. The number of alkyl carbamates (subject to hydrolysis) is 1. The van der Waals surface area contributed by atoms with Gasteiger partial charge in [-0.25, -0.2) is 9.78 Å². The SMILES string of the molecule is CC(C)COC(=O)NC1CCC(Nc2nc(N(C)C)c3ccccc3n2)CC1. The average molecular weight is 386 g/mol. The maximum absolute atomic E-state index is 11.8. The molecule has 2 aromatic rings. The van der Waals surface area contributed by atoms with Crippen molar-refractivity contribution in [2.24, 2.45) is 5.92 Å². The van der Waals surface area contributed by atoms with Crippen molar-refractivity contribution in [2.45, 2.75) is 51.6 Å². The highest BCUT2D eigenvalue weighted by atomic mass is 16.5. The lowest BCUT2D eigenvalue weighted by molar-refractivity contribution is 0.126. The van der Waals surface area contributed by atoms with Crippen LogP contribution in [0.15, 0.2) is 24.3 Å². The Hall–Kier alpha value is -2.57. The molecule has 1 saturated carbocycles. The molecule has 0 spiro atoms. The summed E-state index contributed by atoms with van der Waals surface area (Å²) in [6.45, 7) is 4.51. The molecule has 7 heteroatoms. The fourth-order valence-electron chi connectivity index (χ4n) is 3.48. The number of anilines is 2. The third-order valence-corrected chi connectivity index (χ3v) is 4.94. The lowest BCUT2D eigenvalue weighted by atomic mass is 9.91. The number of nitrogens with one attached hydrogen (secondary N) is 2. The van der Waals surface area contributed by atoms with Crippen molar-refractivity contribution in [1.29, 1.82) is 0 Å². The van der Waals surface area contributed by atoms with E-state index in [2.05, 4.69) is 15.6 Å². The smallest absolute Gasteiger partial charge is 0.407 e. The minimum Gasteiger partial charge on any atom is -0.449 e. The van der Waals surface area contributed by atoms with E-state index >= 15 is 0 Å². The van der Waals surface area contributed by atoms with E-state index in [1.54, 1.807) is 0 Å². The standard InChI is InChI=1S/C21H31N5O2/c1-14(2)13-28-21(27)23-16-11-9-15(10-12-16)22-20-24-18-8-6-5-7-17(18)19(25-20)26(3)4/h5-8,14-16H,9-13H2,1-4H3,(H,23,27)(H,22,24,25). The van der Waals surface area contributed by atoms with E-state index in [4.69, 9.17) is 9.72 Å². The highest BCUT2D eigenvalue weighted by molar-refractivity contribution is 5.90. The maximum atomic E-state index is 11.8. The first kappa shape index (κ1) is 20.2. The summed E-state index contributed by atoms with van der Waals surface area (Å²) in [5.41, 5.74) is 0.937. The number of nitrogens with zero attached hydrogens (tertiary/aromatic N) is 3. The van der Waals surface area contributed by atoms with Crippen molar-refractivity contribution in [2.75, 3.05) is 30.9 Å². The number of hydrogen-bond acceptors (Lipinski definition) is 6. The number of fused-ring (bicyclic) bond motifs is 1. The molecule has 0 unspecified atom stereocenters. The van der Waals surface area contributed by atoms with E-state index in [9.17, 15) is 4.79 Å². The molecule has 28 heavy (non-hydrogen) atoms. The van der Waals surface area contributed by atoms with Crippen LogP contribution in [0.3, 0.4) is 0 Å². The molecule has 152 valence electrons. The Morgan fingerprint density at radius 2 is 1.82 bits per heavy atom. The zero-order valence-corrected chi connectivity index (χ0v) is 17.2. The Labute approximate surface area is 166 Å². The molecule has 1 fully saturated rings. The monoisotopic (exact) mass is 385 g/mol. The molecule has 0 atom stereocenters. The molecule has 1 heterocycles. The molecular weight excluding hydrogens is 354 g/mol. The number of aromatic nitrogens is 2.